The van der Waals surface area contributed by atoms with Crippen molar-refractivity contribution in [1.82, 2.24) is 0 Å². The zero-order chi connectivity index (χ0) is 8.20. The molecule has 0 bridgehead atoms. The maximum absolute atomic E-state index is 10.5. The molecule has 3 heteroatoms. The Bertz CT molecular complexity index is 170. The molecule has 0 heterocycles. The van der Waals surface area contributed by atoms with Crippen LogP contribution >= 0.6 is 0 Å². The summed E-state index contributed by atoms with van der Waals surface area (Å²) in [6, 6.07) is 0. The van der Waals surface area contributed by atoms with E-state index in [2.05, 4.69) is 4.74 Å². The summed E-state index contributed by atoms with van der Waals surface area (Å²) in [6.07, 6.45) is 1.74. The molecule has 0 aromatic carbocycles. The second kappa shape index (κ2) is 3.18. The van der Waals surface area contributed by atoms with Crippen molar-refractivity contribution in [3.05, 3.63) is 6.08 Å². The zero-order valence-corrected chi connectivity index (χ0v) is 6.22. The molecule has 0 atom stereocenters. The molecule has 0 aliphatic heterocycles. The number of esters is 1. The molecule has 10 heavy (non-hydrogen) atoms. The van der Waals surface area contributed by atoms with Crippen molar-refractivity contribution in [2.45, 2.75) is 26.4 Å². The molecule has 3 nitrogen and oxygen atoms in total. The van der Waals surface area contributed by atoms with E-state index in [0.29, 0.717) is 0 Å². The van der Waals surface area contributed by atoms with Gasteiger partial charge in [-0.1, -0.05) is 0 Å². The molecular weight excluding hydrogens is 132 g/mol. The summed E-state index contributed by atoms with van der Waals surface area (Å²) in [5, 5.41) is 0. The Labute approximate surface area is 59.7 Å². The third-order valence-electron chi connectivity index (χ3n) is 0.552. The van der Waals surface area contributed by atoms with Crippen LogP contribution in [0.5, 0.6) is 0 Å². The number of carbonyl (C=O) groups is 1. The van der Waals surface area contributed by atoms with Gasteiger partial charge in [0.15, 0.2) is 6.08 Å². The van der Waals surface area contributed by atoms with Crippen molar-refractivity contribution in [2.24, 2.45) is 0 Å². The largest absolute Gasteiger partial charge is 0.456 e. The predicted molar refractivity (Wildman–Crippen MR) is 34.8 cm³/mol. The fourth-order valence-electron chi connectivity index (χ4n) is 0.345. The number of rotatable bonds is 1. The van der Waals surface area contributed by atoms with E-state index in [1.807, 2.05) is 0 Å². The Hall–Kier alpha value is -1.08. The zero-order valence-electron chi connectivity index (χ0n) is 6.22. The summed E-state index contributed by atoms with van der Waals surface area (Å²) in [4.78, 5) is 20.0. The standard InChI is InChI=1S/C7H9O3/c1-7(2,3)10-6(9)4-5-8/h1-3H3. The molecule has 0 N–H and O–H groups in total. The van der Waals surface area contributed by atoms with Gasteiger partial charge in [-0.05, 0) is 20.8 Å². The lowest BCUT2D eigenvalue weighted by atomic mass is 10.2. The first-order valence-electron chi connectivity index (χ1n) is 2.82. The highest BCUT2D eigenvalue weighted by Gasteiger charge is 2.14. The van der Waals surface area contributed by atoms with Crippen molar-refractivity contribution < 1.29 is 14.3 Å². The molecule has 0 saturated heterocycles. The molecule has 0 spiro atoms. The van der Waals surface area contributed by atoms with Gasteiger partial charge in [0, 0.05) is 0 Å². The topological polar surface area (TPSA) is 43.4 Å². The molecule has 0 aromatic rings. The quantitative estimate of drug-likeness (QED) is 0.304. The van der Waals surface area contributed by atoms with E-state index in [9.17, 15) is 9.59 Å². The Balaban J connectivity index is 3.92. The summed E-state index contributed by atoms with van der Waals surface area (Å²) in [7, 11) is 0. The highest BCUT2D eigenvalue weighted by Crippen LogP contribution is 2.05. The average molecular weight is 141 g/mol. The van der Waals surface area contributed by atoms with Crippen molar-refractivity contribution in [2.75, 3.05) is 0 Å². The van der Waals surface area contributed by atoms with Gasteiger partial charge in [-0.15, -0.1) is 0 Å². The van der Waals surface area contributed by atoms with Crippen LogP contribution < -0.4 is 0 Å². The van der Waals surface area contributed by atoms with Gasteiger partial charge in [-0.25, -0.2) is 9.59 Å². The molecule has 0 amide bonds. The number of hydrogen-bond donors (Lipinski definition) is 0. The molecule has 0 saturated carbocycles. The normalized spacial score (nSPS) is 9.90. The SMILES string of the molecule is CC(C)(C)OC(=O)[C]=C=O. The first kappa shape index (κ1) is 8.92. The van der Waals surface area contributed by atoms with Crippen molar-refractivity contribution in [3.8, 4) is 0 Å². The van der Waals surface area contributed by atoms with E-state index >= 15 is 0 Å². The van der Waals surface area contributed by atoms with Crippen LogP contribution in [0, 0.1) is 6.08 Å². The van der Waals surface area contributed by atoms with Gasteiger partial charge in [0.1, 0.15) is 11.5 Å². The van der Waals surface area contributed by atoms with Gasteiger partial charge in [-0.2, -0.15) is 0 Å². The summed E-state index contributed by atoms with van der Waals surface area (Å²) in [5.74, 6) is 0.440. The van der Waals surface area contributed by atoms with Crippen LogP contribution in [0.2, 0.25) is 0 Å². The van der Waals surface area contributed by atoms with Gasteiger partial charge in [-0.3, -0.25) is 0 Å². The summed E-state index contributed by atoms with van der Waals surface area (Å²) in [6.45, 7) is 5.12. The lowest BCUT2D eigenvalue weighted by Crippen LogP contribution is -2.22. The average Bonchev–Trinajstić information content (AvgIpc) is 1.59. The van der Waals surface area contributed by atoms with E-state index in [4.69, 9.17) is 0 Å². The highest BCUT2D eigenvalue weighted by molar-refractivity contribution is 5.85. The van der Waals surface area contributed by atoms with Gasteiger partial charge >= 0.3 is 5.97 Å². The number of carbonyl (C=O) groups excluding carboxylic acids is 2. The fourth-order valence-corrected chi connectivity index (χ4v) is 0.345. The minimum absolute atomic E-state index is 0.569. The maximum Gasteiger partial charge on any atom is 0.351 e. The third-order valence-corrected chi connectivity index (χ3v) is 0.552. The Morgan fingerprint density at radius 1 is 1.40 bits per heavy atom. The first-order valence-corrected chi connectivity index (χ1v) is 2.82. The number of hydrogen-bond acceptors (Lipinski definition) is 3. The minimum atomic E-state index is -0.775. The van der Waals surface area contributed by atoms with Crippen LogP contribution in [0.1, 0.15) is 20.8 Å². The third kappa shape index (κ3) is 5.06. The molecule has 0 rings (SSSR count). The van der Waals surface area contributed by atoms with Crippen LogP contribution in [-0.2, 0) is 14.3 Å². The second-order valence-electron chi connectivity index (χ2n) is 2.73. The van der Waals surface area contributed by atoms with Crippen molar-refractivity contribution in [3.63, 3.8) is 0 Å². The van der Waals surface area contributed by atoms with Crippen LogP contribution in [0.15, 0.2) is 0 Å². The highest BCUT2D eigenvalue weighted by atomic mass is 16.6. The van der Waals surface area contributed by atoms with Gasteiger partial charge in [0.2, 0.25) is 0 Å². The van der Waals surface area contributed by atoms with Gasteiger partial charge < -0.3 is 4.74 Å². The monoisotopic (exact) mass is 141 g/mol. The lowest BCUT2D eigenvalue weighted by molar-refractivity contribution is -0.149. The van der Waals surface area contributed by atoms with Crippen molar-refractivity contribution in [1.29, 1.82) is 0 Å². The first-order chi connectivity index (χ1) is 4.45. The van der Waals surface area contributed by atoms with Crippen LogP contribution in [0.3, 0.4) is 0 Å². The fraction of sp³-hybridized carbons (Fsp3) is 0.571. The molecule has 0 aromatic heterocycles. The van der Waals surface area contributed by atoms with Crippen LogP contribution in [0.4, 0.5) is 0 Å². The molecule has 0 fully saturated rings. The smallest absolute Gasteiger partial charge is 0.351 e. The lowest BCUT2D eigenvalue weighted by Gasteiger charge is -2.17. The second-order valence-corrected chi connectivity index (χ2v) is 2.73. The summed E-state index contributed by atoms with van der Waals surface area (Å²) >= 11 is 0. The van der Waals surface area contributed by atoms with Crippen LogP contribution in [-0.4, -0.2) is 17.5 Å². The predicted octanol–water partition coefficient (Wildman–Crippen LogP) is 0.519. The van der Waals surface area contributed by atoms with E-state index in [0.717, 1.165) is 0 Å². The molecule has 1 radical (unpaired) electrons. The summed E-state index contributed by atoms with van der Waals surface area (Å²) in [5.41, 5.74) is -0.569. The van der Waals surface area contributed by atoms with E-state index in [-0.39, 0.29) is 0 Å². The Kier molecular flexibility index (Phi) is 2.84. The van der Waals surface area contributed by atoms with E-state index in [1.165, 1.54) is 5.94 Å². The Morgan fingerprint density at radius 2 is 1.90 bits per heavy atom. The van der Waals surface area contributed by atoms with Crippen molar-refractivity contribution >= 4 is 11.9 Å². The number of ether oxygens (including phenoxy) is 1. The van der Waals surface area contributed by atoms with Gasteiger partial charge in [0.25, 0.3) is 0 Å². The molecular formula is C7H9O3. The Morgan fingerprint density at radius 3 is 2.20 bits per heavy atom. The molecule has 0 aliphatic rings. The summed E-state index contributed by atoms with van der Waals surface area (Å²) < 4.78 is 4.67. The minimum Gasteiger partial charge on any atom is -0.456 e. The van der Waals surface area contributed by atoms with Gasteiger partial charge in [0.05, 0.1) is 0 Å². The molecule has 55 valence electrons. The molecule has 0 unspecified atom stereocenters. The van der Waals surface area contributed by atoms with E-state index in [1.54, 1.807) is 26.8 Å². The van der Waals surface area contributed by atoms with E-state index < -0.39 is 11.6 Å². The van der Waals surface area contributed by atoms with Crippen LogP contribution in [0.25, 0.3) is 0 Å². The molecule has 0 aliphatic carbocycles. The maximum atomic E-state index is 10.5.